The van der Waals surface area contributed by atoms with Crippen molar-refractivity contribution in [2.45, 2.75) is 24.3 Å². The number of hydrogen-bond donors (Lipinski definition) is 1. The van der Waals surface area contributed by atoms with Gasteiger partial charge in [-0.25, -0.2) is 0 Å². The lowest BCUT2D eigenvalue weighted by atomic mass is 10.1. The van der Waals surface area contributed by atoms with E-state index in [2.05, 4.69) is 0 Å². The van der Waals surface area contributed by atoms with E-state index in [-0.39, 0.29) is 11.0 Å². The molecule has 0 radical (unpaired) electrons. The van der Waals surface area contributed by atoms with Crippen LogP contribution < -0.4 is 9.47 Å². The molecule has 3 rings (SSSR count). The predicted octanol–water partition coefficient (Wildman–Crippen LogP) is 2.62. The molecule has 1 aliphatic heterocycles. The molecule has 0 bridgehead atoms. The highest BCUT2D eigenvalue weighted by Crippen LogP contribution is 2.32. The summed E-state index contributed by atoms with van der Waals surface area (Å²) in [6.07, 6.45) is 0.0303. The molecule has 0 saturated carbocycles. The minimum atomic E-state index is -4.26. The van der Waals surface area contributed by atoms with Crippen LogP contribution in [0.1, 0.15) is 11.1 Å². The first kappa shape index (κ1) is 14.9. The Balaban J connectivity index is 1.87. The van der Waals surface area contributed by atoms with Gasteiger partial charge < -0.3 is 9.47 Å². The van der Waals surface area contributed by atoms with Crippen molar-refractivity contribution in [1.82, 2.24) is 0 Å². The second-order valence-electron chi connectivity index (χ2n) is 5.29. The minimum Gasteiger partial charge on any atom is -0.486 e. The van der Waals surface area contributed by atoms with Crippen molar-refractivity contribution >= 4 is 10.1 Å². The Morgan fingerprint density at radius 3 is 2.64 bits per heavy atom. The highest BCUT2D eigenvalue weighted by molar-refractivity contribution is 7.85. The van der Waals surface area contributed by atoms with E-state index in [0.717, 1.165) is 5.56 Å². The van der Waals surface area contributed by atoms with E-state index in [1.54, 1.807) is 18.2 Å². The van der Waals surface area contributed by atoms with Crippen molar-refractivity contribution in [1.29, 1.82) is 0 Å². The van der Waals surface area contributed by atoms with Gasteiger partial charge in [0.2, 0.25) is 0 Å². The molecule has 1 aliphatic rings. The summed E-state index contributed by atoms with van der Waals surface area (Å²) in [5.41, 5.74) is 1.44. The Labute approximate surface area is 129 Å². The van der Waals surface area contributed by atoms with Crippen LogP contribution in [-0.2, 0) is 16.5 Å². The van der Waals surface area contributed by atoms with E-state index in [0.29, 0.717) is 30.1 Å². The molecule has 1 atom stereocenters. The quantitative estimate of drug-likeness (QED) is 0.880. The standard InChI is InChI=1S/C16H16O5S/c1-11-6-7-16(22(17,18)19)12(8-11)9-13-10-20-14-4-2-3-5-15(14)21-13/h2-8,13H,9-10H2,1H3,(H,17,18,19). The Hall–Kier alpha value is -2.05. The fraction of sp³-hybridized carbons (Fsp3) is 0.250. The third-order valence-electron chi connectivity index (χ3n) is 3.51. The summed E-state index contributed by atoms with van der Waals surface area (Å²) in [6.45, 7) is 2.20. The summed E-state index contributed by atoms with van der Waals surface area (Å²) in [4.78, 5) is -0.0828. The van der Waals surface area contributed by atoms with Crippen molar-refractivity contribution in [3.05, 3.63) is 53.6 Å². The number of aryl methyl sites for hydroxylation is 1. The molecule has 0 amide bonds. The molecule has 0 spiro atoms. The van der Waals surface area contributed by atoms with Crippen molar-refractivity contribution in [3.63, 3.8) is 0 Å². The lowest BCUT2D eigenvalue weighted by Gasteiger charge is -2.27. The summed E-state index contributed by atoms with van der Waals surface area (Å²) in [5, 5.41) is 0. The fourth-order valence-corrected chi connectivity index (χ4v) is 3.24. The molecule has 0 aromatic heterocycles. The third-order valence-corrected chi connectivity index (χ3v) is 4.46. The first-order valence-corrected chi connectivity index (χ1v) is 8.33. The number of para-hydroxylation sites is 2. The molecule has 0 fully saturated rings. The molecular weight excluding hydrogens is 304 g/mol. The number of fused-ring (bicyclic) bond motifs is 1. The smallest absolute Gasteiger partial charge is 0.294 e. The highest BCUT2D eigenvalue weighted by atomic mass is 32.2. The van der Waals surface area contributed by atoms with Crippen molar-refractivity contribution in [2.75, 3.05) is 6.61 Å². The topological polar surface area (TPSA) is 72.8 Å². The largest absolute Gasteiger partial charge is 0.486 e. The van der Waals surface area contributed by atoms with E-state index >= 15 is 0 Å². The third kappa shape index (κ3) is 3.08. The second-order valence-corrected chi connectivity index (χ2v) is 6.68. The van der Waals surface area contributed by atoms with Crippen LogP contribution in [0, 0.1) is 6.92 Å². The normalized spacial score (nSPS) is 17.3. The fourth-order valence-electron chi connectivity index (χ4n) is 2.53. The Morgan fingerprint density at radius 2 is 1.91 bits per heavy atom. The first-order valence-electron chi connectivity index (χ1n) is 6.89. The van der Waals surface area contributed by atoms with Gasteiger partial charge in [-0.2, -0.15) is 8.42 Å². The average molecular weight is 320 g/mol. The van der Waals surface area contributed by atoms with Crippen molar-refractivity contribution < 1.29 is 22.4 Å². The summed E-state index contributed by atoms with van der Waals surface area (Å²) < 4.78 is 43.8. The molecule has 6 heteroatoms. The number of hydrogen-bond acceptors (Lipinski definition) is 4. The molecule has 22 heavy (non-hydrogen) atoms. The van der Waals surface area contributed by atoms with E-state index < -0.39 is 10.1 Å². The molecule has 1 N–H and O–H groups in total. The summed E-state index contributed by atoms with van der Waals surface area (Å²) in [5.74, 6) is 1.32. The maximum atomic E-state index is 11.5. The Kier molecular flexibility index (Phi) is 3.80. The molecule has 2 aromatic rings. The van der Waals surface area contributed by atoms with E-state index in [9.17, 15) is 13.0 Å². The van der Waals surface area contributed by atoms with E-state index in [4.69, 9.17) is 9.47 Å². The summed E-state index contributed by atoms with van der Waals surface area (Å²) >= 11 is 0. The van der Waals surface area contributed by atoms with Crippen molar-refractivity contribution in [2.24, 2.45) is 0 Å². The summed E-state index contributed by atoms with van der Waals surface area (Å²) in [7, 11) is -4.26. The molecule has 0 saturated heterocycles. The zero-order valence-corrected chi connectivity index (χ0v) is 12.8. The zero-order chi connectivity index (χ0) is 15.7. The van der Waals surface area contributed by atoms with Crippen LogP contribution in [0.4, 0.5) is 0 Å². The molecule has 1 unspecified atom stereocenters. The first-order chi connectivity index (χ1) is 10.4. The number of benzene rings is 2. The predicted molar refractivity (Wildman–Crippen MR) is 81.1 cm³/mol. The van der Waals surface area contributed by atoms with E-state index in [1.165, 1.54) is 6.07 Å². The SMILES string of the molecule is Cc1ccc(S(=O)(=O)O)c(CC2COc3ccccc3O2)c1. The molecule has 5 nitrogen and oxygen atoms in total. The van der Waals surface area contributed by atoms with Gasteiger partial charge in [0.1, 0.15) is 12.7 Å². The van der Waals surface area contributed by atoms with Crippen LogP contribution in [0.25, 0.3) is 0 Å². The van der Waals surface area contributed by atoms with Gasteiger partial charge in [0, 0.05) is 6.42 Å². The summed E-state index contributed by atoms with van der Waals surface area (Å²) in [6, 6.07) is 12.1. The van der Waals surface area contributed by atoms with E-state index in [1.807, 2.05) is 25.1 Å². The van der Waals surface area contributed by atoms with Gasteiger partial charge >= 0.3 is 0 Å². The van der Waals surface area contributed by atoms with Crippen molar-refractivity contribution in [3.8, 4) is 11.5 Å². The van der Waals surface area contributed by atoms with Crippen LogP contribution in [0.3, 0.4) is 0 Å². The van der Waals surface area contributed by atoms with Gasteiger partial charge in [-0.3, -0.25) is 4.55 Å². The zero-order valence-electron chi connectivity index (χ0n) is 12.0. The maximum Gasteiger partial charge on any atom is 0.294 e. The van der Waals surface area contributed by atoms with Gasteiger partial charge in [-0.1, -0.05) is 29.8 Å². The van der Waals surface area contributed by atoms with Gasteiger partial charge in [-0.05, 0) is 30.7 Å². The highest BCUT2D eigenvalue weighted by Gasteiger charge is 2.24. The van der Waals surface area contributed by atoms with Gasteiger partial charge in [0.25, 0.3) is 10.1 Å². The minimum absolute atomic E-state index is 0.0828. The van der Waals surface area contributed by atoms with Crippen LogP contribution in [0.2, 0.25) is 0 Å². The molecule has 116 valence electrons. The Morgan fingerprint density at radius 1 is 1.18 bits per heavy atom. The second kappa shape index (κ2) is 5.62. The Bertz CT molecular complexity index is 798. The lowest BCUT2D eigenvalue weighted by molar-refractivity contribution is 0.0908. The number of ether oxygens (including phenoxy) is 2. The van der Waals surface area contributed by atoms with Gasteiger partial charge in [-0.15, -0.1) is 0 Å². The van der Waals surface area contributed by atoms with Crippen LogP contribution >= 0.6 is 0 Å². The monoisotopic (exact) mass is 320 g/mol. The van der Waals surface area contributed by atoms with Crippen LogP contribution in [-0.4, -0.2) is 25.7 Å². The maximum absolute atomic E-state index is 11.5. The lowest BCUT2D eigenvalue weighted by Crippen LogP contribution is -2.31. The van der Waals surface area contributed by atoms with Crippen LogP contribution in [0.15, 0.2) is 47.4 Å². The molecular formula is C16H16O5S. The van der Waals surface area contributed by atoms with Gasteiger partial charge in [0.15, 0.2) is 11.5 Å². The molecule has 1 heterocycles. The average Bonchev–Trinajstić information content (AvgIpc) is 2.46. The molecule has 0 aliphatic carbocycles. The van der Waals surface area contributed by atoms with Gasteiger partial charge in [0.05, 0.1) is 4.90 Å². The number of rotatable bonds is 3. The molecule has 2 aromatic carbocycles. The van der Waals surface area contributed by atoms with Crippen LogP contribution in [0.5, 0.6) is 11.5 Å².